The molecule has 0 spiro atoms. The lowest BCUT2D eigenvalue weighted by atomic mass is 10.2. The quantitative estimate of drug-likeness (QED) is 0.795. The van der Waals surface area contributed by atoms with E-state index in [1.54, 1.807) is 0 Å². The number of imidazole rings is 1. The molecule has 0 aliphatic carbocycles. The van der Waals surface area contributed by atoms with Gasteiger partial charge in [0.2, 0.25) is 0 Å². The maximum Gasteiger partial charge on any atom is 0.313 e. The minimum Gasteiger partial charge on any atom is -0.481 e. The van der Waals surface area contributed by atoms with E-state index in [-0.39, 0.29) is 5.75 Å². The molecule has 0 saturated heterocycles. The van der Waals surface area contributed by atoms with Crippen molar-refractivity contribution in [3.8, 4) is 11.3 Å². The van der Waals surface area contributed by atoms with Gasteiger partial charge in [0, 0.05) is 13.1 Å². The monoisotopic (exact) mass is 305 g/mol. The maximum absolute atomic E-state index is 10.8. The third-order valence-electron chi connectivity index (χ3n) is 2.98. The van der Waals surface area contributed by atoms with Crippen LogP contribution in [0.3, 0.4) is 0 Å². The van der Waals surface area contributed by atoms with Crippen molar-refractivity contribution >= 4 is 17.7 Å². The van der Waals surface area contributed by atoms with E-state index < -0.39 is 5.97 Å². The molecule has 0 unspecified atom stereocenters. The Labute approximate surface area is 128 Å². The zero-order valence-corrected chi connectivity index (χ0v) is 13.0. The average Bonchev–Trinajstić information content (AvgIpc) is 2.86. The predicted molar refractivity (Wildman–Crippen MR) is 84.6 cm³/mol. The number of carbonyl (C=O) groups is 1. The molecule has 1 aromatic carbocycles. The molecule has 2 aromatic rings. The normalized spacial score (nSPS) is 11.0. The molecule has 6 heteroatoms. The lowest BCUT2D eigenvalue weighted by Gasteiger charge is -2.15. The summed E-state index contributed by atoms with van der Waals surface area (Å²) < 4.78 is 2.09. The standard InChI is InChI=1S/C15H19N3O2S/c1-17(2)8-9-18-13(12-6-4-3-5-7-12)10-16-15(18)21-11-14(19)20/h3-7,10H,8-9,11H2,1-2H3,(H,19,20). The van der Waals surface area contributed by atoms with Crippen molar-refractivity contribution in [3.05, 3.63) is 36.5 Å². The van der Waals surface area contributed by atoms with E-state index in [0.717, 1.165) is 29.5 Å². The fourth-order valence-electron chi connectivity index (χ4n) is 1.96. The van der Waals surface area contributed by atoms with Crippen LogP contribution in [0.5, 0.6) is 0 Å². The molecule has 0 amide bonds. The van der Waals surface area contributed by atoms with E-state index in [1.807, 2.05) is 50.6 Å². The molecule has 0 saturated carbocycles. The van der Waals surface area contributed by atoms with Gasteiger partial charge in [-0.2, -0.15) is 0 Å². The van der Waals surface area contributed by atoms with E-state index >= 15 is 0 Å². The first-order valence-electron chi connectivity index (χ1n) is 6.68. The van der Waals surface area contributed by atoms with Crippen LogP contribution < -0.4 is 0 Å². The minimum absolute atomic E-state index is 0.0210. The number of carboxylic acid groups (broad SMARTS) is 1. The molecular weight excluding hydrogens is 286 g/mol. The number of aliphatic carboxylic acids is 1. The van der Waals surface area contributed by atoms with Gasteiger partial charge in [-0.3, -0.25) is 4.79 Å². The molecule has 0 radical (unpaired) electrons. The second-order valence-electron chi connectivity index (χ2n) is 4.93. The summed E-state index contributed by atoms with van der Waals surface area (Å²) in [6.45, 7) is 1.65. The van der Waals surface area contributed by atoms with E-state index in [4.69, 9.17) is 5.11 Å². The number of likely N-dealkylation sites (N-methyl/N-ethyl adjacent to an activating group) is 1. The zero-order chi connectivity index (χ0) is 15.2. The van der Waals surface area contributed by atoms with Gasteiger partial charge in [0.1, 0.15) is 0 Å². The van der Waals surface area contributed by atoms with Crippen molar-refractivity contribution in [2.24, 2.45) is 0 Å². The first kappa shape index (κ1) is 15.6. The van der Waals surface area contributed by atoms with E-state index in [2.05, 4.69) is 14.5 Å². The molecule has 0 aliphatic rings. The van der Waals surface area contributed by atoms with Gasteiger partial charge in [-0.05, 0) is 19.7 Å². The number of nitrogens with zero attached hydrogens (tertiary/aromatic N) is 3. The molecule has 112 valence electrons. The number of rotatable bonds is 7. The summed E-state index contributed by atoms with van der Waals surface area (Å²) in [7, 11) is 4.03. The van der Waals surface area contributed by atoms with Crippen molar-refractivity contribution in [2.75, 3.05) is 26.4 Å². The Morgan fingerprint density at radius 3 is 2.67 bits per heavy atom. The highest BCUT2D eigenvalue weighted by Gasteiger charge is 2.13. The molecule has 0 atom stereocenters. The Bertz CT molecular complexity index is 596. The lowest BCUT2D eigenvalue weighted by molar-refractivity contribution is -0.133. The summed E-state index contributed by atoms with van der Waals surface area (Å²) >= 11 is 1.26. The summed E-state index contributed by atoms with van der Waals surface area (Å²) in [5.74, 6) is -0.809. The Morgan fingerprint density at radius 1 is 1.33 bits per heavy atom. The highest BCUT2D eigenvalue weighted by molar-refractivity contribution is 7.99. The van der Waals surface area contributed by atoms with E-state index in [0.29, 0.717) is 0 Å². The van der Waals surface area contributed by atoms with Crippen LogP contribution in [0.1, 0.15) is 0 Å². The number of hydrogen-bond donors (Lipinski definition) is 1. The Morgan fingerprint density at radius 2 is 2.05 bits per heavy atom. The first-order chi connectivity index (χ1) is 10.1. The maximum atomic E-state index is 10.8. The van der Waals surface area contributed by atoms with Crippen molar-refractivity contribution in [1.82, 2.24) is 14.5 Å². The SMILES string of the molecule is CN(C)CCn1c(-c2ccccc2)cnc1SCC(=O)O. The molecule has 1 N–H and O–H groups in total. The molecule has 0 bridgehead atoms. The fourth-order valence-corrected chi connectivity index (χ4v) is 2.68. The second kappa shape index (κ2) is 7.28. The Kier molecular flexibility index (Phi) is 5.41. The first-order valence-corrected chi connectivity index (χ1v) is 7.66. The van der Waals surface area contributed by atoms with Crippen molar-refractivity contribution in [3.63, 3.8) is 0 Å². The lowest BCUT2D eigenvalue weighted by Crippen LogP contribution is -2.19. The van der Waals surface area contributed by atoms with E-state index in [9.17, 15) is 4.79 Å². The van der Waals surface area contributed by atoms with E-state index in [1.165, 1.54) is 11.8 Å². The van der Waals surface area contributed by atoms with Gasteiger partial charge in [0.15, 0.2) is 5.16 Å². The summed E-state index contributed by atoms with van der Waals surface area (Å²) in [4.78, 5) is 17.2. The zero-order valence-electron chi connectivity index (χ0n) is 12.2. The smallest absolute Gasteiger partial charge is 0.313 e. The molecule has 5 nitrogen and oxygen atoms in total. The van der Waals surface area contributed by atoms with Crippen molar-refractivity contribution < 1.29 is 9.90 Å². The van der Waals surface area contributed by atoms with Crippen LogP contribution in [-0.2, 0) is 11.3 Å². The van der Waals surface area contributed by atoms with Gasteiger partial charge in [0.25, 0.3) is 0 Å². The predicted octanol–water partition coefficient (Wildman–Crippen LogP) is 2.29. The van der Waals surface area contributed by atoms with Crippen LogP contribution in [0, 0.1) is 0 Å². The van der Waals surface area contributed by atoms with Crippen LogP contribution in [0.15, 0.2) is 41.7 Å². The summed E-state index contributed by atoms with van der Waals surface area (Å²) in [5.41, 5.74) is 2.11. The molecule has 0 aliphatic heterocycles. The number of hydrogen-bond acceptors (Lipinski definition) is 4. The number of benzene rings is 1. The van der Waals surface area contributed by atoms with Crippen LogP contribution in [0.4, 0.5) is 0 Å². The highest BCUT2D eigenvalue weighted by atomic mass is 32.2. The second-order valence-corrected chi connectivity index (χ2v) is 5.87. The van der Waals surface area contributed by atoms with Gasteiger partial charge < -0.3 is 14.6 Å². The third kappa shape index (κ3) is 4.34. The van der Waals surface area contributed by atoms with Gasteiger partial charge >= 0.3 is 5.97 Å². The third-order valence-corrected chi connectivity index (χ3v) is 3.96. The van der Waals surface area contributed by atoms with Crippen molar-refractivity contribution in [1.29, 1.82) is 0 Å². The molecule has 0 fully saturated rings. The number of thioether (sulfide) groups is 1. The fraction of sp³-hybridized carbons (Fsp3) is 0.333. The Hall–Kier alpha value is -1.79. The molecule has 2 rings (SSSR count). The van der Waals surface area contributed by atoms with Crippen LogP contribution >= 0.6 is 11.8 Å². The van der Waals surface area contributed by atoms with Gasteiger partial charge in [-0.1, -0.05) is 42.1 Å². The van der Waals surface area contributed by atoms with Gasteiger partial charge in [0.05, 0.1) is 17.6 Å². The topological polar surface area (TPSA) is 58.4 Å². The summed E-state index contributed by atoms with van der Waals surface area (Å²) in [5, 5.41) is 9.59. The largest absolute Gasteiger partial charge is 0.481 e. The highest BCUT2D eigenvalue weighted by Crippen LogP contribution is 2.25. The summed E-state index contributed by atoms with van der Waals surface area (Å²) in [6, 6.07) is 10.0. The molecule has 1 heterocycles. The molecule has 1 aromatic heterocycles. The molecular formula is C15H19N3O2S. The summed E-state index contributed by atoms with van der Waals surface area (Å²) in [6.07, 6.45) is 1.81. The van der Waals surface area contributed by atoms with Gasteiger partial charge in [-0.25, -0.2) is 4.98 Å². The number of carboxylic acids is 1. The molecule has 21 heavy (non-hydrogen) atoms. The minimum atomic E-state index is -0.830. The van der Waals surface area contributed by atoms with Gasteiger partial charge in [-0.15, -0.1) is 0 Å². The Balaban J connectivity index is 2.29. The average molecular weight is 305 g/mol. The van der Waals surface area contributed by atoms with Crippen LogP contribution in [0.2, 0.25) is 0 Å². The van der Waals surface area contributed by atoms with Crippen LogP contribution in [0.25, 0.3) is 11.3 Å². The van der Waals surface area contributed by atoms with Crippen LogP contribution in [-0.4, -0.2) is 51.9 Å². The number of aromatic nitrogens is 2. The van der Waals surface area contributed by atoms with Crippen molar-refractivity contribution in [2.45, 2.75) is 11.7 Å².